The molecular weight excluding hydrogens is 253 g/mol. The van der Waals surface area contributed by atoms with E-state index in [0.717, 1.165) is 18.2 Å². The number of halogens is 2. The molecule has 0 bridgehead atoms. The summed E-state index contributed by atoms with van der Waals surface area (Å²) in [6.07, 6.45) is 1.88. The van der Waals surface area contributed by atoms with Crippen molar-refractivity contribution in [3.05, 3.63) is 53.2 Å². The fourth-order valence-corrected chi connectivity index (χ4v) is 1.85. The summed E-state index contributed by atoms with van der Waals surface area (Å²) in [4.78, 5) is 7.44. The summed E-state index contributed by atoms with van der Waals surface area (Å²) in [5.74, 6) is -0.375. The van der Waals surface area contributed by atoms with Gasteiger partial charge in [0.05, 0.1) is 12.2 Å². The first-order chi connectivity index (χ1) is 8.70. The van der Waals surface area contributed by atoms with Gasteiger partial charge in [0, 0.05) is 0 Å². The van der Waals surface area contributed by atoms with E-state index in [1.165, 1.54) is 0 Å². The minimum Gasteiger partial charge on any atom is -0.361 e. The van der Waals surface area contributed by atoms with Crippen LogP contribution in [0.3, 0.4) is 0 Å². The Bertz CT molecular complexity index is 519. The lowest BCUT2D eigenvalue weighted by Gasteiger charge is -2.18. The fourth-order valence-electron chi connectivity index (χ4n) is 1.72. The van der Waals surface area contributed by atoms with Crippen LogP contribution in [0, 0.1) is 5.82 Å². The van der Waals surface area contributed by atoms with Crippen LogP contribution in [0.1, 0.15) is 24.9 Å². The van der Waals surface area contributed by atoms with E-state index in [4.69, 9.17) is 11.6 Å². The number of benzene rings is 1. The molecule has 2 aromatic rings. The zero-order valence-electron chi connectivity index (χ0n) is 9.90. The van der Waals surface area contributed by atoms with E-state index in [2.05, 4.69) is 15.3 Å². The zero-order chi connectivity index (χ0) is 13.0. The highest BCUT2D eigenvalue weighted by Crippen LogP contribution is 2.23. The number of nitrogens with one attached hydrogen (secondary N) is 1. The number of nitrogens with zero attached hydrogens (tertiary/aromatic N) is 2. The molecule has 1 N–H and O–H groups in total. The summed E-state index contributed by atoms with van der Waals surface area (Å²) in [6.45, 7) is 2.02. The van der Waals surface area contributed by atoms with Crippen molar-refractivity contribution in [1.82, 2.24) is 9.97 Å². The molecular formula is C13H13ClFN3. The molecule has 0 saturated carbocycles. The topological polar surface area (TPSA) is 37.8 Å². The molecule has 3 nitrogen and oxygen atoms in total. The standard InChI is InChI=1S/C13H13ClFN3/c1-2-11(9-6-4-3-5-7-9)17-12-10(15)8-16-13(14)18-12/h3-8,11H,2H2,1H3,(H,16,17,18). The van der Waals surface area contributed by atoms with Crippen LogP contribution in [-0.2, 0) is 0 Å². The van der Waals surface area contributed by atoms with Crippen LogP contribution >= 0.6 is 11.6 Å². The summed E-state index contributed by atoms with van der Waals surface area (Å²) in [5.41, 5.74) is 1.08. The highest BCUT2D eigenvalue weighted by molar-refractivity contribution is 6.28. The lowest BCUT2D eigenvalue weighted by Crippen LogP contribution is -2.12. The maximum Gasteiger partial charge on any atom is 0.224 e. The van der Waals surface area contributed by atoms with Gasteiger partial charge in [-0.05, 0) is 23.6 Å². The molecule has 1 aromatic heterocycles. The van der Waals surface area contributed by atoms with Crippen LogP contribution in [0.2, 0.25) is 5.28 Å². The Morgan fingerprint density at radius 2 is 2.06 bits per heavy atom. The minimum atomic E-state index is -0.506. The molecule has 1 atom stereocenters. The third kappa shape index (κ3) is 2.96. The molecule has 18 heavy (non-hydrogen) atoms. The van der Waals surface area contributed by atoms with Crippen molar-refractivity contribution in [2.75, 3.05) is 5.32 Å². The summed E-state index contributed by atoms with van der Waals surface area (Å²) >= 11 is 5.66. The van der Waals surface area contributed by atoms with Crippen molar-refractivity contribution in [1.29, 1.82) is 0 Å². The molecule has 2 rings (SSSR count). The number of aromatic nitrogens is 2. The Balaban J connectivity index is 2.23. The van der Waals surface area contributed by atoms with Gasteiger partial charge in [-0.3, -0.25) is 0 Å². The van der Waals surface area contributed by atoms with E-state index < -0.39 is 5.82 Å². The Morgan fingerprint density at radius 1 is 1.33 bits per heavy atom. The smallest absolute Gasteiger partial charge is 0.224 e. The van der Waals surface area contributed by atoms with Gasteiger partial charge in [0.1, 0.15) is 0 Å². The van der Waals surface area contributed by atoms with Crippen LogP contribution in [0.25, 0.3) is 0 Å². The van der Waals surface area contributed by atoms with E-state index in [1.54, 1.807) is 0 Å². The monoisotopic (exact) mass is 265 g/mol. The van der Waals surface area contributed by atoms with E-state index in [1.807, 2.05) is 37.3 Å². The molecule has 0 amide bonds. The lowest BCUT2D eigenvalue weighted by atomic mass is 10.0. The Labute approximate surface area is 110 Å². The third-order valence-corrected chi connectivity index (χ3v) is 2.82. The SMILES string of the molecule is CCC(Nc1nc(Cl)ncc1F)c1ccccc1. The average Bonchev–Trinajstić information content (AvgIpc) is 2.41. The number of rotatable bonds is 4. The average molecular weight is 266 g/mol. The maximum atomic E-state index is 13.5. The molecule has 0 aliphatic rings. The first-order valence-corrected chi connectivity index (χ1v) is 6.08. The van der Waals surface area contributed by atoms with Gasteiger partial charge in [-0.25, -0.2) is 9.37 Å². The zero-order valence-corrected chi connectivity index (χ0v) is 10.7. The molecule has 0 saturated heterocycles. The first kappa shape index (κ1) is 12.8. The molecule has 5 heteroatoms. The highest BCUT2D eigenvalue weighted by Gasteiger charge is 2.13. The minimum absolute atomic E-state index is 0.00772. The summed E-state index contributed by atoms with van der Waals surface area (Å²) in [6, 6.07) is 9.81. The van der Waals surface area contributed by atoms with Crippen LogP contribution in [0.4, 0.5) is 10.2 Å². The fraction of sp³-hybridized carbons (Fsp3) is 0.231. The van der Waals surface area contributed by atoms with Gasteiger partial charge in [0.25, 0.3) is 0 Å². The number of hydrogen-bond acceptors (Lipinski definition) is 3. The van der Waals surface area contributed by atoms with Gasteiger partial charge in [-0.2, -0.15) is 4.98 Å². The van der Waals surface area contributed by atoms with Gasteiger partial charge in [0.2, 0.25) is 5.28 Å². The second-order valence-corrected chi connectivity index (χ2v) is 4.19. The van der Waals surface area contributed by atoms with E-state index in [9.17, 15) is 4.39 Å². The maximum absolute atomic E-state index is 13.5. The van der Waals surface area contributed by atoms with Crippen molar-refractivity contribution < 1.29 is 4.39 Å². The van der Waals surface area contributed by atoms with Crippen molar-refractivity contribution in [3.8, 4) is 0 Å². The normalized spacial score (nSPS) is 12.2. The van der Waals surface area contributed by atoms with Gasteiger partial charge >= 0.3 is 0 Å². The Hall–Kier alpha value is -1.68. The molecule has 0 aliphatic heterocycles. The Morgan fingerprint density at radius 3 is 2.72 bits per heavy atom. The first-order valence-electron chi connectivity index (χ1n) is 5.70. The summed E-state index contributed by atoms with van der Waals surface area (Å²) < 4.78 is 13.5. The van der Waals surface area contributed by atoms with Crippen molar-refractivity contribution in [2.24, 2.45) is 0 Å². The third-order valence-electron chi connectivity index (χ3n) is 2.64. The van der Waals surface area contributed by atoms with Crippen molar-refractivity contribution in [3.63, 3.8) is 0 Å². The van der Waals surface area contributed by atoms with Gasteiger partial charge in [-0.15, -0.1) is 0 Å². The van der Waals surface area contributed by atoms with Crippen LogP contribution < -0.4 is 5.32 Å². The second-order valence-electron chi connectivity index (χ2n) is 3.85. The predicted molar refractivity (Wildman–Crippen MR) is 70.1 cm³/mol. The molecule has 0 aliphatic carbocycles. The van der Waals surface area contributed by atoms with E-state index >= 15 is 0 Å². The van der Waals surface area contributed by atoms with E-state index in [0.29, 0.717) is 0 Å². The quantitative estimate of drug-likeness (QED) is 0.854. The van der Waals surface area contributed by atoms with Crippen molar-refractivity contribution in [2.45, 2.75) is 19.4 Å². The largest absolute Gasteiger partial charge is 0.361 e. The molecule has 0 spiro atoms. The van der Waals surface area contributed by atoms with Gasteiger partial charge < -0.3 is 5.32 Å². The van der Waals surface area contributed by atoms with Crippen LogP contribution in [-0.4, -0.2) is 9.97 Å². The summed E-state index contributed by atoms with van der Waals surface area (Å²) in [7, 11) is 0. The van der Waals surface area contributed by atoms with Gasteiger partial charge in [-0.1, -0.05) is 37.3 Å². The molecule has 0 fully saturated rings. The highest BCUT2D eigenvalue weighted by atomic mass is 35.5. The van der Waals surface area contributed by atoms with Crippen molar-refractivity contribution >= 4 is 17.4 Å². The van der Waals surface area contributed by atoms with Crippen LogP contribution in [0.15, 0.2) is 36.5 Å². The van der Waals surface area contributed by atoms with Gasteiger partial charge in [0.15, 0.2) is 11.6 Å². The Kier molecular flexibility index (Phi) is 4.10. The second kappa shape index (κ2) is 5.78. The number of hydrogen-bond donors (Lipinski definition) is 1. The van der Waals surface area contributed by atoms with E-state index in [-0.39, 0.29) is 17.1 Å². The molecule has 1 heterocycles. The lowest BCUT2D eigenvalue weighted by molar-refractivity contribution is 0.609. The predicted octanol–water partition coefficient (Wildman–Crippen LogP) is 3.83. The number of anilines is 1. The molecule has 1 aromatic carbocycles. The van der Waals surface area contributed by atoms with Crippen LogP contribution in [0.5, 0.6) is 0 Å². The molecule has 1 unspecified atom stereocenters. The molecule has 94 valence electrons. The molecule has 0 radical (unpaired) electrons. The summed E-state index contributed by atoms with van der Waals surface area (Å²) in [5, 5.41) is 3.07.